The first-order valence-corrected chi connectivity index (χ1v) is 6.87. The largest absolute Gasteiger partial charge is 0.450 e. The Morgan fingerprint density at radius 1 is 1.45 bits per heavy atom. The molecule has 3 aliphatic carbocycles. The van der Waals surface area contributed by atoms with Crippen molar-refractivity contribution < 1.29 is 9.53 Å². The first-order valence-electron chi connectivity index (χ1n) is 6.87. The van der Waals surface area contributed by atoms with Crippen LogP contribution in [0.4, 0.5) is 4.79 Å². The summed E-state index contributed by atoms with van der Waals surface area (Å²) in [6, 6.07) is 8.48. The number of carbonyl (C=O) groups excluding carboxylic acids is 1. The monoisotopic (exact) mass is 269 g/mol. The van der Waals surface area contributed by atoms with Crippen molar-refractivity contribution in [1.82, 2.24) is 5.32 Å². The minimum absolute atomic E-state index is 0.363. The number of fused-ring (bicyclic) bond motifs is 1. The van der Waals surface area contributed by atoms with E-state index in [0.717, 1.165) is 12.8 Å². The molecule has 1 unspecified atom stereocenters. The first-order chi connectivity index (χ1) is 9.69. The smallest absolute Gasteiger partial charge is 0.408 e. The molecule has 1 atom stereocenters. The number of alkyl carbamates (subject to hydrolysis) is 1. The normalized spacial score (nSPS) is 21.0. The average Bonchev–Trinajstić information content (AvgIpc) is 3.07. The minimum atomic E-state index is -0.541. The Bertz CT molecular complexity index is 539. The zero-order valence-corrected chi connectivity index (χ0v) is 11.7. The second kappa shape index (κ2) is 6.29. The molecule has 0 bridgehead atoms. The molecule has 104 valence electrons. The summed E-state index contributed by atoms with van der Waals surface area (Å²) in [6.07, 6.45) is 11.4. The summed E-state index contributed by atoms with van der Waals surface area (Å²) in [4.78, 5) is 11.2. The predicted molar refractivity (Wildman–Crippen MR) is 80.1 cm³/mol. The van der Waals surface area contributed by atoms with Crippen LogP contribution < -0.4 is 5.32 Å². The number of nitrogens with one attached hydrogen (secondary N) is 1. The number of hydrogen-bond donors (Lipinski definition) is 1. The summed E-state index contributed by atoms with van der Waals surface area (Å²) in [5.41, 5.74) is 2.31. The molecule has 0 aromatic heterocycles. The number of rotatable bonds is 2. The molecule has 0 aliphatic heterocycles. The van der Waals surface area contributed by atoms with Crippen LogP contribution in [0.5, 0.6) is 0 Å². The third-order valence-corrected chi connectivity index (χ3v) is 3.38. The van der Waals surface area contributed by atoms with E-state index in [4.69, 9.17) is 11.2 Å². The number of benzene rings is 1. The number of allylic oxidation sites excluding steroid dienone is 1. The van der Waals surface area contributed by atoms with Crippen molar-refractivity contribution in [3.63, 3.8) is 0 Å². The fraction of sp³-hybridized carbons (Fsp3) is 0.353. The van der Waals surface area contributed by atoms with E-state index in [2.05, 4.69) is 41.6 Å². The highest BCUT2D eigenvalue weighted by Gasteiger charge is 2.29. The van der Waals surface area contributed by atoms with Crippen LogP contribution >= 0.6 is 0 Å². The van der Waals surface area contributed by atoms with Gasteiger partial charge in [-0.3, -0.25) is 0 Å². The van der Waals surface area contributed by atoms with Gasteiger partial charge in [0.2, 0.25) is 0 Å². The number of carbonyl (C=O) groups is 1. The van der Waals surface area contributed by atoms with Crippen molar-refractivity contribution in [2.24, 2.45) is 0 Å². The topological polar surface area (TPSA) is 38.3 Å². The van der Waals surface area contributed by atoms with Gasteiger partial charge >= 0.3 is 6.09 Å². The van der Waals surface area contributed by atoms with E-state index in [-0.39, 0.29) is 0 Å². The lowest BCUT2D eigenvalue weighted by atomic mass is 9.87. The summed E-state index contributed by atoms with van der Waals surface area (Å²) < 4.78 is 4.80. The van der Waals surface area contributed by atoms with Crippen molar-refractivity contribution in [3.05, 3.63) is 36.4 Å². The van der Waals surface area contributed by atoms with Gasteiger partial charge in [-0.15, -0.1) is 6.42 Å². The van der Waals surface area contributed by atoms with Crippen molar-refractivity contribution in [2.45, 2.75) is 31.7 Å². The second-order valence-electron chi connectivity index (χ2n) is 4.87. The Labute approximate surface area is 120 Å². The molecular formula is C17H19NO2. The Balaban J connectivity index is 0.000000198. The van der Waals surface area contributed by atoms with Crippen molar-refractivity contribution >= 4 is 6.09 Å². The van der Waals surface area contributed by atoms with E-state index in [1.165, 1.54) is 11.1 Å². The highest BCUT2D eigenvalue weighted by atomic mass is 16.5. The molecule has 0 saturated carbocycles. The predicted octanol–water partition coefficient (Wildman–Crippen LogP) is 3.51. The SMILES string of the molecule is C#CC1(NC(=O)OCC)CC=CCC1.c1cc2cc-2c1. The molecule has 0 aromatic rings. The number of terminal acetylenes is 1. The molecular weight excluding hydrogens is 250 g/mol. The molecule has 0 aromatic carbocycles. The lowest BCUT2D eigenvalue weighted by Gasteiger charge is -2.29. The van der Waals surface area contributed by atoms with Crippen LogP contribution in [0.25, 0.3) is 11.1 Å². The van der Waals surface area contributed by atoms with E-state index in [1.807, 2.05) is 6.08 Å². The van der Waals surface area contributed by atoms with Crippen LogP contribution in [-0.4, -0.2) is 18.2 Å². The Morgan fingerprint density at radius 2 is 2.20 bits per heavy atom. The molecule has 3 heteroatoms. The van der Waals surface area contributed by atoms with Gasteiger partial charge in [0, 0.05) is 0 Å². The fourth-order valence-corrected chi connectivity index (χ4v) is 2.15. The van der Waals surface area contributed by atoms with E-state index < -0.39 is 11.6 Å². The molecule has 0 heterocycles. The Kier molecular flexibility index (Phi) is 4.47. The highest BCUT2D eigenvalue weighted by molar-refractivity contribution is 5.80. The number of hydrogen-bond acceptors (Lipinski definition) is 2. The van der Waals surface area contributed by atoms with Gasteiger partial charge in [0.05, 0.1) is 6.61 Å². The zero-order chi connectivity index (χ0) is 14.4. The molecule has 0 radical (unpaired) electrons. The molecule has 1 N–H and O–H groups in total. The Hall–Kier alpha value is -2.21. The highest BCUT2D eigenvalue weighted by Crippen LogP contribution is 2.32. The van der Waals surface area contributed by atoms with Gasteiger partial charge in [0.15, 0.2) is 0 Å². The van der Waals surface area contributed by atoms with Gasteiger partial charge < -0.3 is 10.1 Å². The molecule has 0 saturated heterocycles. The number of amides is 1. The van der Waals surface area contributed by atoms with Crippen LogP contribution in [-0.2, 0) is 4.74 Å². The van der Waals surface area contributed by atoms with E-state index in [1.54, 1.807) is 6.92 Å². The second-order valence-corrected chi connectivity index (χ2v) is 4.87. The lowest BCUT2D eigenvalue weighted by molar-refractivity contribution is 0.142. The number of ether oxygens (including phenoxy) is 1. The van der Waals surface area contributed by atoms with Crippen molar-refractivity contribution in [3.8, 4) is 23.5 Å². The summed E-state index contributed by atoms with van der Waals surface area (Å²) in [6.45, 7) is 2.13. The van der Waals surface area contributed by atoms with E-state index in [9.17, 15) is 4.79 Å². The van der Waals surface area contributed by atoms with Gasteiger partial charge in [-0.05, 0) is 43.4 Å². The minimum Gasteiger partial charge on any atom is -0.450 e. The standard InChI is InChI=1S/C11H15NO2.C6H4/c1-3-11(8-6-5-7-9-11)12-10(13)14-4-2;1-2-5-4-6(5)3-1/h1,5-6H,4,7-9H2,2H3,(H,12,13);1-4H. The molecule has 20 heavy (non-hydrogen) atoms. The maximum atomic E-state index is 11.2. The van der Waals surface area contributed by atoms with Gasteiger partial charge in [-0.1, -0.05) is 36.3 Å². The molecule has 1 amide bonds. The average molecular weight is 269 g/mol. The Morgan fingerprint density at radius 3 is 2.60 bits per heavy atom. The summed E-state index contributed by atoms with van der Waals surface area (Å²) in [5.74, 6) is 2.64. The lowest BCUT2D eigenvalue weighted by Crippen LogP contribution is -2.48. The van der Waals surface area contributed by atoms with Crippen LogP contribution in [0.1, 0.15) is 26.2 Å². The van der Waals surface area contributed by atoms with Crippen LogP contribution in [0, 0.1) is 12.3 Å². The van der Waals surface area contributed by atoms with Crippen LogP contribution in [0.2, 0.25) is 0 Å². The van der Waals surface area contributed by atoms with Crippen molar-refractivity contribution in [1.29, 1.82) is 0 Å². The van der Waals surface area contributed by atoms with Crippen molar-refractivity contribution in [2.75, 3.05) is 6.61 Å². The fourth-order valence-electron chi connectivity index (χ4n) is 2.15. The summed E-state index contributed by atoms with van der Waals surface area (Å²) >= 11 is 0. The van der Waals surface area contributed by atoms with E-state index >= 15 is 0 Å². The molecule has 0 spiro atoms. The first kappa shape index (κ1) is 14.2. The third-order valence-electron chi connectivity index (χ3n) is 3.38. The van der Waals surface area contributed by atoms with Gasteiger partial charge in [-0.25, -0.2) is 4.79 Å². The molecule has 0 fully saturated rings. The van der Waals surface area contributed by atoms with Gasteiger partial charge in [0.25, 0.3) is 0 Å². The third kappa shape index (κ3) is 3.64. The zero-order valence-electron chi connectivity index (χ0n) is 11.7. The van der Waals surface area contributed by atoms with Crippen LogP contribution in [0.3, 0.4) is 0 Å². The van der Waals surface area contributed by atoms with E-state index in [0.29, 0.717) is 13.0 Å². The maximum Gasteiger partial charge on any atom is 0.408 e. The van der Waals surface area contributed by atoms with Gasteiger partial charge in [-0.2, -0.15) is 0 Å². The molecule has 3 nitrogen and oxygen atoms in total. The van der Waals surface area contributed by atoms with Gasteiger partial charge in [0.1, 0.15) is 5.54 Å². The van der Waals surface area contributed by atoms with Crippen LogP contribution in [0.15, 0.2) is 36.4 Å². The summed E-state index contributed by atoms with van der Waals surface area (Å²) in [5, 5.41) is 2.73. The molecule has 3 aliphatic rings. The summed E-state index contributed by atoms with van der Waals surface area (Å²) in [7, 11) is 0. The maximum absolute atomic E-state index is 11.2. The molecule has 3 rings (SSSR count). The quantitative estimate of drug-likeness (QED) is 0.669.